The fourth-order valence-electron chi connectivity index (χ4n) is 1.24. The minimum Gasteiger partial charge on any atom is -0.367 e. The molecule has 0 fully saturated rings. The van der Waals surface area contributed by atoms with Gasteiger partial charge in [-0.15, -0.1) is 0 Å². The van der Waals surface area contributed by atoms with Gasteiger partial charge in [0.15, 0.2) is 0 Å². The third kappa shape index (κ3) is 2.95. The van der Waals surface area contributed by atoms with Crippen molar-refractivity contribution in [1.82, 2.24) is 9.97 Å². The zero-order valence-electron chi connectivity index (χ0n) is 8.30. The van der Waals surface area contributed by atoms with Gasteiger partial charge >= 0.3 is 0 Å². The van der Waals surface area contributed by atoms with Crippen LogP contribution in [0.5, 0.6) is 0 Å². The van der Waals surface area contributed by atoms with Crippen molar-refractivity contribution in [1.29, 1.82) is 0 Å². The average molecular weight is 196 g/mol. The number of hydrogen-bond acceptors (Lipinski definition) is 1. The molecular formula is C13H12N2. The van der Waals surface area contributed by atoms with Crippen LogP contribution in [0, 0.1) is 0 Å². The van der Waals surface area contributed by atoms with Crippen LogP contribution in [0.2, 0.25) is 0 Å². The quantitative estimate of drug-likeness (QED) is 0.750. The minimum absolute atomic E-state index is 0.969. The summed E-state index contributed by atoms with van der Waals surface area (Å²) in [5, 5.41) is 0. The third-order valence-electron chi connectivity index (χ3n) is 1.98. The number of nitrogens with one attached hydrogen (secondary N) is 1. The summed E-state index contributed by atoms with van der Waals surface area (Å²) < 4.78 is 0. The smallest absolute Gasteiger partial charge is 0.0629 e. The Morgan fingerprint density at radius 3 is 2.73 bits per heavy atom. The molecule has 2 aromatic rings. The van der Waals surface area contributed by atoms with Crippen molar-refractivity contribution < 1.29 is 0 Å². The predicted octanol–water partition coefficient (Wildman–Crippen LogP) is 3.14. The summed E-state index contributed by atoms with van der Waals surface area (Å²) in [6, 6.07) is 7.88. The lowest BCUT2D eigenvalue weighted by Gasteiger charge is -1.87. The largest absolute Gasteiger partial charge is 0.367 e. The number of allylic oxidation sites excluding steroid dienone is 2. The Morgan fingerprint density at radius 2 is 2.00 bits per heavy atom. The van der Waals surface area contributed by atoms with Crippen molar-refractivity contribution in [3.05, 3.63) is 66.3 Å². The number of pyridine rings is 1. The van der Waals surface area contributed by atoms with E-state index in [1.54, 1.807) is 6.20 Å². The Bertz CT molecular complexity index is 439. The van der Waals surface area contributed by atoms with E-state index < -0.39 is 0 Å². The monoisotopic (exact) mass is 196 g/mol. The van der Waals surface area contributed by atoms with Gasteiger partial charge in [-0.25, -0.2) is 0 Å². The average Bonchev–Trinajstić information content (AvgIpc) is 2.79. The Balaban J connectivity index is 1.96. The maximum absolute atomic E-state index is 4.19. The maximum Gasteiger partial charge on any atom is 0.0629 e. The Hall–Kier alpha value is -2.09. The van der Waals surface area contributed by atoms with Gasteiger partial charge in [-0.3, -0.25) is 4.98 Å². The van der Waals surface area contributed by atoms with Gasteiger partial charge in [-0.05, 0) is 29.8 Å². The number of aromatic nitrogens is 2. The van der Waals surface area contributed by atoms with Crippen molar-refractivity contribution in [3.8, 4) is 0 Å². The van der Waals surface area contributed by atoms with Crippen molar-refractivity contribution in [2.24, 2.45) is 0 Å². The van der Waals surface area contributed by atoms with Crippen LogP contribution in [0.25, 0.3) is 12.2 Å². The van der Waals surface area contributed by atoms with Crippen LogP contribution < -0.4 is 0 Å². The molecule has 2 rings (SSSR count). The summed E-state index contributed by atoms with van der Waals surface area (Å²) in [5.74, 6) is 0. The van der Waals surface area contributed by atoms with E-state index in [0.717, 1.165) is 5.69 Å². The van der Waals surface area contributed by atoms with Gasteiger partial charge in [-0.1, -0.05) is 24.3 Å². The van der Waals surface area contributed by atoms with Crippen LogP contribution in [0.4, 0.5) is 0 Å². The summed E-state index contributed by atoms with van der Waals surface area (Å²) in [5.41, 5.74) is 2.14. The van der Waals surface area contributed by atoms with Crippen molar-refractivity contribution in [2.75, 3.05) is 0 Å². The standard InChI is InChI=1S/C13H12N2/c1(5-12-8-10-14-11-12)2-6-13-7-3-4-9-15-13/h1-11,14H. The Morgan fingerprint density at radius 1 is 1.07 bits per heavy atom. The maximum atomic E-state index is 4.19. The fourth-order valence-corrected chi connectivity index (χ4v) is 1.24. The number of hydrogen-bond donors (Lipinski definition) is 1. The zero-order chi connectivity index (χ0) is 10.3. The van der Waals surface area contributed by atoms with E-state index in [-0.39, 0.29) is 0 Å². The molecule has 2 nitrogen and oxygen atoms in total. The summed E-state index contributed by atoms with van der Waals surface area (Å²) in [6.07, 6.45) is 13.6. The Kier molecular flexibility index (Phi) is 3.13. The molecule has 2 aromatic heterocycles. The fraction of sp³-hybridized carbons (Fsp3) is 0. The van der Waals surface area contributed by atoms with Crippen LogP contribution in [-0.2, 0) is 0 Å². The first-order chi connectivity index (χ1) is 7.45. The molecule has 1 N–H and O–H groups in total. The number of nitrogens with zero attached hydrogens (tertiary/aromatic N) is 1. The molecule has 0 bridgehead atoms. The van der Waals surface area contributed by atoms with Gasteiger partial charge in [-0.2, -0.15) is 0 Å². The van der Waals surface area contributed by atoms with E-state index in [1.807, 2.05) is 61.0 Å². The Labute approximate surface area is 89.0 Å². The first-order valence-electron chi connectivity index (χ1n) is 4.84. The van der Waals surface area contributed by atoms with Gasteiger partial charge in [0.05, 0.1) is 5.69 Å². The van der Waals surface area contributed by atoms with E-state index >= 15 is 0 Å². The van der Waals surface area contributed by atoms with Crippen molar-refractivity contribution in [2.45, 2.75) is 0 Å². The van der Waals surface area contributed by atoms with E-state index in [9.17, 15) is 0 Å². The van der Waals surface area contributed by atoms with E-state index in [4.69, 9.17) is 0 Å². The highest BCUT2D eigenvalue weighted by atomic mass is 14.6. The molecule has 0 unspecified atom stereocenters. The first-order valence-corrected chi connectivity index (χ1v) is 4.84. The second-order valence-electron chi connectivity index (χ2n) is 3.12. The van der Waals surface area contributed by atoms with Gasteiger partial charge in [0.25, 0.3) is 0 Å². The van der Waals surface area contributed by atoms with Crippen molar-refractivity contribution in [3.63, 3.8) is 0 Å². The summed E-state index contributed by atoms with van der Waals surface area (Å²) in [7, 11) is 0. The van der Waals surface area contributed by atoms with Crippen molar-refractivity contribution >= 4 is 12.2 Å². The molecule has 0 aliphatic carbocycles. The van der Waals surface area contributed by atoms with E-state index in [1.165, 1.54) is 5.56 Å². The molecular weight excluding hydrogens is 184 g/mol. The molecule has 0 spiro atoms. The molecule has 15 heavy (non-hydrogen) atoms. The number of rotatable bonds is 3. The van der Waals surface area contributed by atoms with Crippen LogP contribution in [0.15, 0.2) is 55.0 Å². The highest BCUT2D eigenvalue weighted by molar-refractivity contribution is 5.54. The zero-order valence-corrected chi connectivity index (χ0v) is 8.30. The molecule has 0 aliphatic heterocycles. The first kappa shape index (κ1) is 9.46. The SMILES string of the molecule is C(C=Cc1ccccn1)=Cc1cc[nH]c1. The van der Waals surface area contributed by atoms with Gasteiger partial charge in [0.2, 0.25) is 0 Å². The van der Waals surface area contributed by atoms with E-state index in [0.29, 0.717) is 0 Å². The molecule has 0 aliphatic rings. The van der Waals surface area contributed by atoms with E-state index in [2.05, 4.69) is 9.97 Å². The molecule has 0 aromatic carbocycles. The topological polar surface area (TPSA) is 28.7 Å². The molecule has 0 saturated carbocycles. The van der Waals surface area contributed by atoms with Gasteiger partial charge < -0.3 is 4.98 Å². The second-order valence-corrected chi connectivity index (χ2v) is 3.12. The van der Waals surface area contributed by atoms with Gasteiger partial charge in [0.1, 0.15) is 0 Å². The molecule has 0 atom stereocenters. The van der Waals surface area contributed by atoms with Gasteiger partial charge in [0, 0.05) is 18.6 Å². The lowest BCUT2D eigenvalue weighted by molar-refractivity contribution is 1.30. The summed E-state index contributed by atoms with van der Waals surface area (Å²) >= 11 is 0. The van der Waals surface area contributed by atoms with Crippen LogP contribution in [0.3, 0.4) is 0 Å². The second kappa shape index (κ2) is 4.96. The lowest BCUT2D eigenvalue weighted by Crippen LogP contribution is -1.74. The molecule has 0 saturated heterocycles. The molecule has 2 heterocycles. The molecule has 2 heteroatoms. The highest BCUT2D eigenvalue weighted by Gasteiger charge is 1.83. The summed E-state index contributed by atoms with van der Waals surface area (Å²) in [4.78, 5) is 7.19. The minimum atomic E-state index is 0.969. The number of H-pyrrole nitrogens is 1. The van der Waals surface area contributed by atoms with Crippen LogP contribution in [-0.4, -0.2) is 9.97 Å². The molecule has 0 radical (unpaired) electrons. The number of aromatic amines is 1. The molecule has 74 valence electrons. The highest BCUT2D eigenvalue weighted by Crippen LogP contribution is 2.01. The molecule has 0 amide bonds. The normalized spacial score (nSPS) is 11.5. The summed E-state index contributed by atoms with van der Waals surface area (Å²) in [6.45, 7) is 0. The predicted molar refractivity (Wildman–Crippen MR) is 63.1 cm³/mol. The third-order valence-corrected chi connectivity index (χ3v) is 1.98. The lowest BCUT2D eigenvalue weighted by atomic mass is 10.3. The van der Waals surface area contributed by atoms with Crippen LogP contribution in [0.1, 0.15) is 11.3 Å². The van der Waals surface area contributed by atoms with Crippen LogP contribution >= 0.6 is 0 Å².